The van der Waals surface area contributed by atoms with Gasteiger partial charge in [-0.05, 0) is 44.9 Å². The molecule has 35 heavy (non-hydrogen) atoms. The monoisotopic (exact) mass is 478 g/mol. The third-order valence-corrected chi connectivity index (χ3v) is 6.59. The van der Waals surface area contributed by atoms with Gasteiger partial charge in [-0.1, -0.05) is 48.0 Å². The molecule has 1 unspecified atom stereocenters. The number of hydrogen-bond acceptors (Lipinski definition) is 6. The molecule has 1 amide bonds. The molecule has 2 aromatic carbocycles. The summed E-state index contributed by atoms with van der Waals surface area (Å²) in [4.78, 5) is 13.4. The normalized spacial score (nSPS) is 27.1. The Kier molecular flexibility index (Phi) is 7.58. The predicted molar refractivity (Wildman–Crippen MR) is 130 cm³/mol. The van der Waals surface area contributed by atoms with Gasteiger partial charge in [0, 0.05) is 19.4 Å². The van der Waals surface area contributed by atoms with Crippen LogP contribution in [0.4, 0.5) is 0 Å². The van der Waals surface area contributed by atoms with Gasteiger partial charge in [0.15, 0.2) is 11.4 Å². The van der Waals surface area contributed by atoms with Gasteiger partial charge >= 0.3 is 0 Å². The van der Waals surface area contributed by atoms with E-state index in [2.05, 4.69) is 17.5 Å². The lowest BCUT2D eigenvalue weighted by atomic mass is 9.78. The zero-order chi connectivity index (χ0) is 25.1. The highest BCUT2D eigenvalue weighted by Crippen LogP contribution is 2.44. The standard InChI is InChI=1S/C28H34N2O5/c1-5-30-26(31)28(33-17-20-10-8-9-19(2)13-20)14-23(25-24(15-28)34-27(3,4)35-25)32-18-22-12-7-6-11-21(22)16-29/h6-13,23-25H,5,14-15,17-18H2,1-4H3,(H,30,31)/t23?,24-,25+,28-/m1/s1. The molecule has 0 aromatic heterocycles. The largest absolute Gasteiger partial charge is 0.371 e. The van der Waals surface area contributed by atoms with Crippen molar-refractivity contribution < 1.29 is 23.7 Å². The predicted octanol–water partition coefficient (Wildman–Crippen LogP) is 4.16. The Morgan fingerprint density at radius 2 is 1.94 bits per heavy atom. The van der Waals surface area contributed by atoms with Crippen LogP contribution >= 0.6 is 0 Å². The second kappa shape index (κ2) is 10.5. The van der Waals surface area contributed by atoms with Crippen molar-refractivity contribution in [3.63, 3.8) is 0 Å². The summed E-state index contributed by atoms with van der Waals surface area (Å²) in [6, 6.07) is 17.6. The SMILES string of the molecule is CCNC(=O)[C@@]1(OCc2cccc(C)c2)CC(OCc2ccccc2C#N)[C@@H]2OC(C)(C)O[C@@H]2C1. The molecule has 2 aliphatic rings. The van der Waals surface area contributed by atoms with Crippen molar-refractivity contribution in [2.75, 3.05) is 6.54 Å². The first-order valence-electron chi connectivity index (χ1n) is 12.2. The Labute approximate surface area is 207 Å². The fraction of sp³-hybridized carbons (Fsp3) is 0.500. The number of benzene rings is 2. The fourth-order valence-electron chi connectivity index (χ4n) is 5.01. The molecule has 1 N–H and O–H groups in total. The van der Waals surface area contributed by atoms with Crippen LogP contribution in [0.1, 0.15) is 55.9 Å². The summed E-state index contributed by atoms with van der Waals surface area (Å²) in [5.74, 6) is -0.972. The molecule has 0 radical (unpaired) electrons. The van der Waals surface area contributed by atoms with Crippen LogP contribution < -0.4 is 5.32 Å². The van der Waals surface area contributed by atoms with Crippen LogP contribution in [-0.2, 0) is 37.0 Å². The molecule has 0 bridgehead atoms. The van der Waals surface area contributed by atoms with Crippen molar-refractivity contribution in [1.82, 2.24) is 5.32 Å². The summed E-state index contributed by atoms with van der Waals surface area (Å²) >= 11 is 0. The van der Waals surface area contributed by atoms with Crippen LogP contribution in [-0.4, -0.2) is 42.2 Å². The molecule has 0 spiro atoms. The summed E-state index contributed by atoms with van der Waals surface area (Å²) in [5, 5.41) is 12.4. The summed E-state index contributed by atoms with van der Waals surface area (Å²) in [6.07, 6.45) is -0.477. The van der Waals surface area contributed by atoms with E-state index in [0.717, 1.165) is 16.7 Å². The van der Waals surface area contributed by atoms with Gasteiger partial charge in [0.2, 0.25) is 0 Å². The Balaban J connectivity index is 1.61. The van der Waals surface area contributed by atoms with Crippen molar-refractivity contribution in [3.05, 3.63) is 70.8 Å². The van der Waals surface area contributed by atoms with Crippen LogP contribution in [0.2, 0.25) is 0 Å². The summed E-state index contributed by atoms with van der Waals surface area (Å²) in [6.45, 7) is 8.68. The maximum Gasteiger partial charge on any atom is 0.252 e. The third-order valence-electron chi connectivity index (χ3n) is 6.59. The zero-order valence-corrected chi connectivity index (χ0v) is 20.9. The minimum atomic E-state index is -1.13. The van der Waals surface area contributed by atoms with E-state index in [-0.39, 0.29) is 24.7 Å². The van der Waals surface area contributed by atoms with Crippen molar-refractivity contribution in [1.29, 1.82) is 5.26 Å². The van der Waals surface area contributed by atoms with E-state index in [0.29, 0.717) is 31.6 Å². The molecule has 1 aliphatic heterocycles. The number of rotatable bonds is 8. The molecule has 2 fully saturated rings. The zero-order valence-electron chi connectivity index (χ0n) is 20.9. The van der Waals surface area contributed by atoms with Gasteiger partial charge in [-0.25, -0.2) is 0 Å². The van der Waals surface area contributed by atoms with Crippen LogP contribution in [0.15, 0.2) is 48.5 Å². The van der Waals surface area contributed by atoms with Crippen LogP contribution in [0.3, 0.4) is 0 Å². The van der Waals surface area contributed by atoms with Crippen LogP contribution in [0.5, 0.6) is 0 Å². The number of nitrogens with zero attached hydrogens (tertiary/aromatic N) is 1. The summed E-state index contributed by atoms with van der Waals surface area (Å²) in [5.41, 5.74) is 2.35. The van der Waals surface area contributed by atoms with E-state index in [1.54, 1.807) is 6.07 Å². The highest BCUT2D eigenvalue weighted by Gasteiger charge is 2.58. The summed E-state index contributed by atoms with van der Waals surface area (Å²) in [7, 11) is 0. The number of hydrogen-bond donors (Lipinski definition) is 1. The molecular weight excluding hydrogens is 444 g/mol. The van der Waals surface area contributed by atoms with Gasteiger partial charge in [0.05, 0.1) is 37.1 Å². The fourth-order valence-corrected chi connectivity index (χ4v) is 5.01. The lowest BCUT2D eigenvalue weighted by Gasteiger charge is -2.43. The molecule has 1 saturated heterocycles. The Bertz CT molecular complexity index is 1090. The number of carbonyl (C=O) groups excluding carboxylic acids is 1. The Morgan fingerprint density at radius 1 is 1.14 bits per heavy atom. The van der Waals surface area contributed by atoms with Crippen molar-refractivity contribution in [3.8, 4) is 6.07 Å². The van der Waals surface area contributed by atoms with Crippen molar-refractivity contribution in [2.24, 2.45) is 0 Å². The van der Waals surface area contributed by atoms with E-state index in [9.17, 15) is 10.1 Å². The smallest absolute Gasteiger partial charge is 0.252 e. The number of aryl methyl sites for hydroxylation is 1. The molecule has 7 nitrogen and oxygen atoms in total. The summed E-state index contributed by atoms with van der Waals surface area (Å²) < 4.78 is 25.2. The molecule has 2 aromatic rings. The molecule has 186 valence electrons. The number of nitriles is 1. The molecule has 4 atom stereocenters. The number of fused-ring (bicyclic) bond motifs is 1. The Morgan fingerprint density at radius 3 is 2.69 bits per heavy atom. The van der Waals surface area contributed by atoms with Gasteiger partial charge < -0.3 is 24.3 Å². The third kappa shape index (κ3) is 5.74. The molecule has 1 heterocycles. The number of nitrogens with one attached hydrogen (secondary N) is 1. The quantitative estimate of drug-likeness (QED) is 0.613. The second-order valence-electron chi connectivity index (χ2n) is 9.80. The average molecular weight is 479 g/mol. The average Bonchev–Trinajstić information content (AvgIpc) is 3.15. The van der Waals surface area contributed by atoms with Gasteiger partial charge in [-0.2, -0.15) is 5.26 Å². The minimum absolute atomic E-state index is 0.176. The first kappa shape index (κ1) is 25.3. The van der Waals surface area contributed by atoms with Gasteiger partial charge in [-0.3, -0.25) is 4.79 Å². The van der Waals surface area contributed by atoms with Gasteiger partial charge in [0.1, 0.15) is 6.10 Å². The first-order chi connectivity index (χ1) is 16.7. The number of carbonyl (C=O) groups is 1. The molecule has 7 heteroatoms. The second-order valence-corrected chi connectivity index (χ2v) is 9.80. The van der Waals surface area contributed by atoms with Crippen LogP contribution in [0, 0.1) is 18.3 Å². The number of amides is 1. The maximum absolute atomic E-state index is 13.4. The van der Waals surface area contributed by atoms with Crippen molar-refractivity contribution >= 4 is 5.91 Å². The highest BCUT2D eigenvalue weighted by atomic mass is 16.8. The van der Waals surface area contributed by atoms with Crippen LogP contribution in [0.25, 0.3) is 0 Å². The van der Waals surface area contributed by atoms with Gasteiger partial charge in [-0.15, -0.1) is 0 Å². The first-order valence-corrected chi connectivity index (χ1v) is 12.2. The molecule has 4 rings (SSSR count). The topological polar surface area (TPSA) is 89.8 Å². The molecule has 1 saturated carbocycles. The number of ether oxygens (including phenoxy) is 4. The van der Waals surface area contributed by atoms with E-state index >= 15 is 0 Å². The lowest BCUT2D eigenvalue weighted by molar-refractivity contribution is -0.183. The van der Waals surface area contributed by atoms with E-state index in [4.69, 9.17) is 18.9 Å². The van der Waals surface area contributed by atoms with Gasteiger partial charge in [0.25, 0.3) is 5.91 Å². The number of likely N-dealkylation sites (N-methyl/N-ethyl adjacent to an activating group) is 1. The maximum atomic E-state index is 13.4. The highest BCUT2D eigenvalue weighted by molar-refractivity contribution is 5.85. The molecular formula is C28H34N2O5. The van der Waals surface area contributed by atoms with E-state index in [1.165, 1.54) is 0 Å². The van der Waals surface area contributed by atoms with E-state index < -0.39 is 17.5 Å². The van der Waals surface area contributed by atoms with Crippen molar-refractivity contribution in [2.45, 2.75) is 83.5 Å². The molecule has 1 aliphatic carbocycles. The minimum Gasteiger partial charge on any atom is -0.371 e. The lowest BCUT2D eigenvalue weighted by Crippen LogP contribution is -2.60. The Hall–Kier alpha value is -2.76. The van der Waals surface area contributed by atoms with E-state index in [1.807, 2.05) is 64.1 Å².